The molecule has 0 radical (unpaired) electrons. The molecule has 4 nitrogen and oxygen atoms in total. The molecule has 2 atom stereocenters. The van der Waals surface area contributed by atoms with Crippen molar-refractivity contribution in [3.8, 4) is 0 Å². The summed E-state index contributed by atoms with van der Waals surface area (Å²) in [4.78, 5) is 0. The van der Waals surface area contributed by atoms with Crippen molar-refractivity contribution in [3.05, 3.63) is 23.8 Å². The molecule has 0 bridgehead atoms. The Morgan fingerprint density at radius 2 is 2.12 bits per heavy atom. The van der Waals surface area contributed by atoms with Gasteiger partial charge < -0.3 is 5.73 Å². The molecule has 1 aromatic rings. The zero-order valence-corrected chi connectivity index (χ0v) is 11.3. The first-order valence-corrected chi connectivity index (χ1v) is 7.69. The number of nitrogens with zero attached hydrogens (tertiary/aromatic N) is 1. The maximum Gasteiger partial charge on any atom is 0.232 e. The molecular weight excluding hydrogens is 260 g/mol. The Labute approximate surface area is 106 Å². The van der Waals surface area contributed by atoms with Gasteiger partial charge in [0.2, 0.25) is 10.0 Å². The molecule has 17 heavy (non-hydrogen) atoms. The molecule has 0 saturated heterocycles. The molecule has 1 aliphatic heterocycles. The van der Waals surface area contributed by atoms with Gasteiger partial charge in [-0.25, -0.2) is 8.42 Å². The predicted octanol–water partition coefficient (Wildman–Crippen LogP) is 1.76. The standard InChI is InChI=1S/C11H15ClN2O2S/c1-7-10(6-12)9-4-3-8(13)5-11(9)14(7)17(2,15)16/h3-5,7,10H,6,13H2,1-2H3. The second kappa shape index (κ2) is 4.07. The molecule has 0 amide bonds. The first-order valence-electron chi connectivity index (χ1n) is 5.31. The van der Waals surface area contributed by atoms with Crippen LogP contribution in [0.15, 0.2) is 18.2 Å². The normalized spacial score (nSPS) is 23.8. The number of halogens is 1. The third kappa shape index (κ3) is 1.98. The van der Waals surface area contributed by atoms with E-state index in [1.807, 2.05) is 13.0 Å². The van der Waals surface area contributed by atoms with E-state index in [-0.39, 0.29) is 12.0 Å². The van der Waals surface area contributed by atoms with E-state index in [0.29, 0.717) is 17.3 Å². The Morgan fingerprint density at radius 1 is 1.47 bits per heavy atom. The molecule has 6 heteroatoms. The van der Waals surface area contributed by atoms with Gasteiger partial charge in [-0.2, -0.15) is 0 Å². The van der Waals surface area contributed by atoms with Crippen molar-refractivity contribution in [1.29, 1.82) is 0 Å². The Morgan fingerprint density at radius 3 is 2.65 bits per heavy atom. The van der Waals surface area contributed by atoms with Crippen molar-refractivity contribution < 1.29 is 8.42 Å². The van der Waals surface area contributed by atoms with Gasteiger partial charge in [0, 0.05) is 17.5 Å². The van der Waals surface area contributed by atoms with Gasteiger partial charge in [0.25, 0.3) is 0 Å². The molecule has 0 fully saturated rings. The van der Waals surface area contributed by atoms with Gasteiger partial charge in [0.1, 0.15) is 0 Å². The van der Waals surface area contributed by atoms with Gasteiger partial charge in [-0.15, -0.1) is 11.6 Å². The number of rotatable bonds is 2. The lowest BCUT2D eigenvalue weighted by molar-refractivity contribution is 0.579. The molecule has 2 rings (SSSR count). The van der Waals surface area contributed by atoms with E-state index in [1.165, 1.54) is 10.6 Å². The summed E-state index contributed by atoms with van der Waals surface area (Å²) in [5, 5.41) is 0. The van der Waals surface area contributed by atoms with Crippen LogP contribution in [-0.4, -0.2) is 26.6 Å². The summed E-state index contributed by atoms with van der Waals surface area (Å²) in [6.45, 7) is 1.87. The van der Waals surface area contributed by atoms with Gasteiger partial charge in [-0.05, 0) is 24.6 Å². The Kier molecular flexibility index (Phi) is 2.99. The molecule has 1 aromatic carbocycles. The number of hydrogen-bond acceptors (Lipinski definition) is 3. The number of nitrogen functional groups attached to an aromatic ring is 1. The van der Waals surface area contributed by atoms with Crippen LogP contribution in [0, 0.1) is 0 Å². The fraction of sp³-hybridized carbons (Fsp3) is 0.455. The van der Waals surface area contributed by atoms with Crippen LogP contribution in [0.4, 0.5) is 11.4 Å². The SMILES string of the molecule is CC1C(CCl)c2ccc(N)cc2N1S(C)(=O)=O. The fourth-order valence-corrected chi connectivity index (χ4v) is 4.09. The highest BCUT2D eigenvalue weighted by Gasteiger charge is 2.39. The number of anilines is 2. The van der Waals surface area contributed by atoms with Crippen LogP contribution < -0.4 is 10.0 Å². The zero-order chi connectivity index (χ0) is 12.8. The third-order valence-electron chi connectivity index (χ3n) is 3.17. The minimum Gasteiger partial charge on any atom is -0.399 e. The summed E-state index contributed by atoms with van der Waals surface area (Å²) in [6, 6.07) is 5.16. The lowest BCUT2D eigenvalue weighted by Gasteiger charge is -2.24. The monoisotopic (exact) mass is 274 g/mol. The molecule has 94 valence electrons. The summed E-state index contributed by atoms with van der Waals surface area (Å²) in [6.07, 6.45) is 1.20. The van der Waals surface area contributed by atoms with Crippen LogP contribution in [0.3, 0.4) is 0 Å². The maximum atomic E-state index is 11.8. The molecular formula is C11H15ClN2O2S. The van der Waals surface area contributed by atoms with E-state index in [1.54, 1.807) is 12.1 Å². The number of benzene rings is 1. The minimum atomic E-state index is -3.31. The lowest BCUT2D eigenvalue weighted by Crippen LogP contribution is -2.36. The average Bonchev–Trinajstić information content (AvgIpc) is 2.47. The molecule has 0 spiro atoms. The van der Waals surface area contributed by atoms with Crippen molar-refractivity contribution in [2.45, 2.75) is 18.9 Å². The van der Waals surface area contributed by atoms with Crippen LogP contribution in [0.25, 0.3) is 0 Å². The Balaban J connectivity index is 2.63. The van der Waals surface area contributed by atoms with E-state index in [9.17, 15) is 8.42 Å². The van der Waals surface area contributed by atoms with Crippen LogP contribution >= 0.6 is 11.6 Å². The Hall–Kier alpha value is -0.940. The molecule has 2 unspecified atom stereocenters. The van der Waals surface area contributed by atoms with Crippen LogP contribution in [0.2, 0.25) is 0 Å². The highest BCUT2D eigenvalue weighted by atomic mass is 35.5. The topological polar surface area (TPSA) is 63.4 Å². The smallest absolute Gasteiger partial charge is 0.232 e. The Bertz CT molecular complexity index is 544. The summed E-state index contributed by atoms with van der Waals surface area (Å²) < 4.78 is 25.1. The second-order valence-electron chi connectivity index (χ2n) is 4.38. The number of alkyl halides is 1. The third-order valence-corrected chi connectivity index (χ3v) is 4.74. The van der Waals surface area contributed by atoms with Crippen LogP contribution in [-0.2, 0) is 10.0 Å². The lowest BCUT2D eigenvalue weighted by atomic mass is 9.98. The summed E-state index contributed by atoms with van der Waals surface area (Å²) in [7, 11) is -3.31. The summed E-state index contributed by atoms with van der Waals surface area (Å²) in [5.74, 6) is 0.409. The largest absolute Gasteiger partial charge is 0.399 e. The van der Waals surface area contributed by atoms with E-state index in [0.717, 1.165) is 5.56 Å². The van der Waals surface area contributed by atoms with Gasteiger partial charge in [-0.3, -0.25) is 4.31 Å². The molecule has 2 N–H and O–H groups in total. The van der Waals surface area contributed by atoms with Gasteiger partial charge >= 0.3 is 0 Å². The number of hydrogen-bond donors (Lipinski definition) is 1. The van der Waals surface area contributed by atoms with Crippen LogP contribution in [0.5, 0.6) is 0 Å². The van der Waals surface area contributed by atoms with Gasteiger partial charge in [-0.1, -0.05) is 6.07 Å². The van der Waals surface area contributed by atoms with E-state index < -0.39 is 10.0 Å². The van der Waals surface area contributed by atoms with E-state index in [2.05, 4.69) is 0 Å². The molecule has 0 saturated carbocycles. The molecule has 0 aliphatic carbocycles. The fourth-order valence-electron chi connectivity index (χ4n) is 2.40. The van der Waals surface area contributed by atoms with Gasteiger partial charge in [0.05, 0.1) is 18.0 Å². The number of sulfonamides is 1. The predicted molar refractivity (Wildman–Crippen MR) is 71.1 cm³/mol. The van der Waals surface area contributed by atoms with E-state index in [4.69, 9.17) is 17.3 Å². The number of fused-ring (bicyclic) bond motifs is 1. The number of nitrogens with two attached hydrogens (primary N) is 1. The second-order valence-corrected chi connectivity index (χ2v) is 6.55. The maximum absolute atomic E-state index is 11.8. The molecule has 1 aliphatic rings. The van der Waals surface area contributed by atoms with Crippen molar-refractivity contribution >= 4 is 33.0 Å². The first kappa shape index (κ1) is 12.5. The van der Waals surface area contributed by atoms with Crippen molar-refractivity contribution in [1.82, 2.24) is 0 Å². The van der Waals surface area contributed by atoms with Gasteiger partial charge in [0.15, 0.2) is 0 Å². The summed E-state index contributed by atoms with van der Waals surface area (Å²) in [5.41, 5.74) is 7.88. The van der Waals surface area contributed by atoms with Crippen molar-refractivity contribution in [2.24, 2.45) is 0 Å². The average molecular weight is 275 g/mol. The molecule has 1 heterocycles. The molecule has 0 aromatic heterocycles. The first-order chi connectivity index (χ1) is 7.86. The van der Waals surface area contributed by atoms with Crippen LogP contribution in [0.1, 0.15) is 18.4 Å². The quantitative estimate of drug-likeness (QED) is 0.660. The van der Waals surface area contributed by atoms with Crippen molar-refractivity contribution in [3.63, 3.8) is 0 Å². The highest BCUT2D eigenvalue weighted by Crippen LogP contribution is 2.43. The summed E-state index contributed by atoms with van der Waals surface area (Å²) >= 11 is 5.93. The van der Waals surface area contributed by atoms with E-state index >= 15 is 0 Å². The zero-order valence-electron chi connectivity index (χ0n) is 9.72. The minimum absolute atomic E-state index is 0.0157. The van der Waals surface area contributed by atoms with Crippen molar-refractivity contribution in [2.75, 3.05) is 22.2 Å². The highest BCUT2D eigenvalue weighted by molar-refractivity contribution is 7.92.